The van der Waals surface area contributed by atoms with Crippen molar-refractivity contribution in [2.75, 3.05) is 11.9 Å². The number of carbonyl (C=O) groups is 1. The third-order valence-corrected chi connectivity index (χ3v) is 2.85. The number of allylic oxidation sites excluding steroid dienone is 1. The van der Waals surface area contributed by atoms with Crippen LogP contribution in [0, 0.1) is 0 Å². The minimum absolute atomic E-state index is 0.249. The molecule has 0 aliphatic heterocycles. The summed E-state index contributed by atoms with van der Waals surface area (Å²) in [5.41, 5.74) is 2.93. The molecule has 0 aromatic heterocycles. The number of amides is 1. The first kappa shape index (κ1) is 13.9. The maximum absolute atomic E-state index is 11.6. The molecule has 2 aromatic rings. The first-order valence-corrected chi connectivity index (χ1v) is 6.47. The molecule has 20 heavy (non-hydrogen) atoms. The number of carbonyl (C=O) groups excluding carboxylic acids is 1. The zero-order valence-electron chi connectivity index (χ0n) is 11.4. The molecule has 0 bridgehead atoms. The Bertz CT molecular complexity index is 576. The smallest absolute Gasteiger partial charge is 0.411 e. The van der Waals surface area contributed by atoms with Gasteiger partial charge in [0.05, 0.1) is 0 Å². The lowest BCUT2D eigenvalue weighted by atomic mass is 10.1. The third-order valence-electron chi connectivity index (χ3n) is 2.85. The quantitative estimate of drug-likeness (QED) is 0.895. The van der Waals surface area contributed by atoms with E-state index in [9.17, 15) is 4.79 Å². The van der Waals surface area contributed by atoms with Crippen LogP contribution >= 0.6 is 0 Å². The first-order chi connectivity index (χ1) is 9.75. The SMILES string of the molecule is C/C(=C\COC(=O)Nc1ccccc1)c1ccccc1. The monoisotopic (exact) mass is 267 g/mol. The molecule has 0 aliphatic carbocycles. The predicted octanol–water partition coefficient (Wildman–Crippen LogP) is 4.34. The second-order valence-electron chi connectivity index (χ2n) is 4.34. The van der Waals surface area contributed by atoms with Crippen molar-refractivity contribution in [1.29, 1.82) is 0 Å². The summed E-state index contributed by atoms with van der Waals surface area (Å²) in [5.74, 6) is 0. The fraction of sp³-hybridized carbons (Fsp3) is 0.118. The Morgan fingerprint density at radius 3 is 2.30 bits per heavy atom. The van der Waals surface area contributed by atoms with Crippen molar-refractivity contribution in [2.24, 2.45) is 0 Å². The van der Waals surface area contributed by atoms with Crippen molar-refractivity contribution in [3.8, 4) is 0 Å². The highest BCUT2D eigenvalue weighted by Gasteiger charge is 2.01. The summed E-state index contributed by atoms with van der Waals surface area (Å²) >= 11 is 0. The average molecular weight is 267 g/mol. The second-order valence-corrected chi connectivity index (χ2v) is 4.34. The standard InChI is InChI=1S/C17H17NO2/c1-14(15-8-4-2-5-9-15)12-13-20-17(19)18-16-10-6-3-7-11-16/h2-12H,13H2,1H3,(H,18,19)/b14-12+. The van der Waals surface area contributed by atoms with Crippen LogP contribution in [-0.4, -0.2) is 12.7 Å². The van der Waals surface area contributed by atoms with Gasteiger partial charge in [0.15, 0.2) is 0 Å². The van der Waals surface area contributed by atoms with Gasteiger partial charge in [0.25, 0.3) is 0 Å². The number of para-hydroxylation sites is 1. The molecule has 0 radical (unpaired) electrons. The Morgan fingerprint density at radius 1 is 1.05 bits per heavy atom. The van der Waals surface area contributed by atoms with Gasteiger partial charge in [-0.15, -0.1) is 0 Å². The average Bonchev–Trinajstić information content (AvgIpc) is 2.49. The maximum atomic E-state index is 11.6. The summed E-state index contributed by atoms with van der Waals surface area (Å²) in [5, 5.41) is 2.66. The third kappa shape index (κ3) is 4.28. The molecule has 1 amide bonds. The molecule has 1 N–H and O–H groups in total. The lowest BCUT2D eigenvalue weighted by Crippen LogP contribution is -2.13. The van der Waals surface area contributed by atoms with Crippen LogP contribution in [0.2, 0.25) is 0 Å². The van der Waals surface area contributed by atoms with Gasteiger partial charge in [-0.1, -0.05) is 48.5 Å². The van der Waals surface area contributed by atoms with Crippen LogP contribution in [0.25, 0.3) is 5.57 Å². The number of nitrogens with one attached hydrogen (secondary N) is 1. The highest BCUT2D eigenvalue weighted by molar-refractivity contribution is 5.84. The number of anilines is 1. The van der Waals surface area contributed by atoms with E-state index in [4.69, 9.17) is 4.74 Å². The Hall–Kier alpha value is -2.55. The summed E-state index contributed by atoms with van der Waals surface area (Å²) in [6.45, 7) is 2.24. The Labute approximate surface area is 118 Å². The molecule has 0 fully saturated rings. The zero-order valence-corrected chi connectivity index (χ0v) is 11.4. The van der Waals surface area contributed by atoms with Crippen molar-refractivity contribution < 1.29 is 9.53 Å². The minimum atomic E-state index is -0.451. The Kier molecular flexibility index (Phi) is 4.95. The van der Waals surface area contributed by atoms with Gasteiger partial charge >= 0.3 is 6.09 Å². The fourth-order valence-electron chi connectivity index (χ4n) is 1.74. The predicted molar refractivity (Wildman–Crippen MR) is 81.5 cm³/mol. The summed E-state index contributed by atoms with van der Waals surface area (Å²) in [6.07, 6.45) is 1.44. The van der Waals surface area contributed by atoms with Gasteiger partial charge in [-0.25, -0.2) is 4.79 Å². The zero-order chi connectivity index (χ0) is 14.2. The van der Waals surface area contributed by atoms with Gasteiger partial charge in [0.1, 0.15) is 6.61 Å². The largest absolute Gasteiger partial charge is 0.445 e. The first-order valence-electron chi connectivity index (χ1n) is 6.47. The summed E-state index contributed by atoms with van der Waals surface area (Å²) in [6, 6.07) is 19.2. The normalized spacial score (nSPS) is 10.9. The highest BCUT2D eigenvalue weighted by atomic mass is 16.5. The highest BCUT2D eigenvalue weighted by Crippen LogP contribution is 2.12. The molecular weight excluding hydrogens is 250 g/mol. The maximum Gasteiger partial charge on any atom is 0.411 e. The van der Waals surface area contributed by atoms with Crippen molar-refractivity contribution in [3.63, 3.8) is 0 Å². The van der Waals surface area contributed by atoms with E-state index in [1.807, 2.05) is 73.7 Å². The molecule has 2 aromatic carbocycles. The Morgan fingerprint density at radius 2 is 1.65 bits per heavy atom. The van der Waals surface area contributed by atoms with Gasteiger partial charge in [-0.2, -0.15) is 0 Å². The molecule has 0 spiro atoms. The molecule has 3 heteroatoms. The summed E-state index contributed by atoms with van der Waals surface area (Å²) in [7, 11) is 0. The van der Waals surface area contributed by atoms with E-state index < -0.39 is 6.09 Å². The van der Waals surface area contributed by atoms with Crippen LogP contribution in [-0.2, 0) is 4.74 Å². The van der Waals surface area contributed by atoms with Crippen LogP contribution in [0.1, 0.15) is 12.5 Å². The van der Waals surface area contributed by atoms with E-state index in [1.165, 1.54) is 0 Å². The van der Waals surface area contributed by atoms with Crippen LogP contribution in [0.4, 0.5) is 10.5 Å². The van der Waals surface area contributed by atoms with E-state index >= 15 is 0 Å². The topological polar surface area (TPSA) is 38.3 Å². The van der Waals surface area contributed by atoms with Gasteiger partial charge in [-0.3, -0.25) is 5.32 Å². The van der Waals surface area contributed by atoms with Crippen LogP contribution in [0.15, 0.2) is 66.7 Å². The van der Waals surface area contributed by atoms with Crippen LogP contribution < -0.4 is 5.32 Å². The van der Waals surface area contributed by atoms with Crippen molar-refractivity contribution in [1.82, 2.24) is 0 Å². The second kappa shape index (κ2) is 7.14. The molecule has 0 aliphatic rings. The van der Waals surface area contributed by atoms with Crippen LogP contribution in [0.3, 0.4) is 0 Å². The van der Waals surface area contributed by atoms with E-state index in [0.717, 1.165) is 16.8 Å². The molecular formula is C17H17NO2. The lowest BCUT2D eigenvalue weighted by Gasteiger charge is -2.06. The molecule has 0 atom stereocenters. The summed E-state index contributed by atoms with van der Waals surface area (Å²) in [4.78, 5) is 11.6. The molecule has 2 rings (SSSR count). The van der Waals surface area contributed by atoms with E-state index in [1.54, 1.807) is 0 Å². The number of ether oxygens (including phenoxy) is 1. The molecule has 0 saturated heterocycles. The van der Waals surface area contributed by atoms with Crippen molar-refractivity contribution in [2.45, 2.75) is 6.92 Å². The number of benzene rings is 2. The number of hydrogen-bond donors (Lipinski definition) is 1. The van der Waals surface area contributed by atoms with E-state index in [0.29, 0.717) is 0 Å². The fourth-order valence-corrected chi connectivity index (χ4v) is 1.74. The van der Waals surface area contributed by atoms with Gasteiger partial charge < -0.3 is 4.74 Å². The van der Waals surface area contributed by atoms with Crippen molar-refractivity contribution in [3.05, 3.63) is 72.3 Å². The molecule has 0 saturated carbocycles. The van der Waals surface area contributed by atoms with Gasteiger partial charge in [0.2, 0.25) is 0 Å². The van der Waals surface area contributed by atoms with Crippen LogP contribution in [0.5, 0.6) is 0 Å². The van der Waals surface area contributed by atoms with Gasteiger partial charge in [-0.05, 0) is 36.3 Å². The van der Waals surface area contributed by atoms with E-state index in [2.05, 4.69) is 5.32 Å². The van der Waals surface area contributed by atoms with Crippen molar-refractivity contribution >= 4 is 17.4 Å². The number of rotatable bonds is 4. The molecule has 0 unspecified atom stereocenters. The Balaban J connectivity index is 1.82. The minimum Gasteiger partial charge on any atom is -0.445 e. The molecule has 102 valence electrons. The molecule has 3 nitrogen and oxygen atoms in total. The van der Waals surface area contributed by atoms with Gasteiger partial charge in [0, 0.05) is 5.69 Å². The van der Waals surface area contributed by atoms with E-state index in [-0.39, 0.29) is 6.61 Å². The molecule has 0 heterocycles. The lowest BCUT2D eigenvalue weighted by molar-refractivity contribution is 0.174. The summed E-state index contributed by atoms with van der Waals surface area (Å²) < 4.78 is 5.11. The number of hydrogen-bond acceptors (Lipinski definition) is 2.